The standard InChI is InChI=1S/C12H19IO4/c1-11(2,3)16-9(14)7-8(13)10(15)17-12(4,5)6/h7H,1-6H3. The summed E-state index contributed by atoms with van der Waals surface area (Å²) in [5.74, 6) is -1.07. The third-order valence-corrected chi connectivity index (χ3v) is 2.00. The number of hydrogen-bond donors (Lipinski definition) is 0. The van der Waals surface area contributed by atoms with E-state index in [0.717, 1.165) is 6.08 Å². The third kappa shape index (κ3) is 9.14. The summed E-state index contributed by atoms with van der Waals surface area (Å²) >= 11 is 1.76. The topological polar surface area (TPSA) is 52.6 Å². The van der Waals surface area contributed by atoms with Gasteiger partial charge in [-0.2, -0.15) is 0 Å². The van der Waals surface area contributed by atoms with Crippen molar-refractivity contribution >= 4 is 34.5 Å². The minimum Gasteiger partial charge on any atom is -0.457 e. The molecule has 0 aromatic heterocycles. The van der Waals surface area contributed by atoms with E-state index in [9.17, 15) is 9.59 Å². The average Bonchev–Trinajstić information content (AvgIpc) is 1.95. The van der Waals surface area contributed by atoms with Gasteiger partial charge in [0, 0.05) is 6.08 Å². The molecule has 0 spiro atoms. The number of ether oxygens (including phenoxy) is 2. The van der Waals surface area contributed by atoms with Crippen molar-refractivity contribution in [2.75, 3.05) is 0 Å². The SMILES string of the molecule is CC(C)(C)OC(=O)C=C(I)C(=O)OC(C)(C)C. The van der Waals surface area contributed by atoms with Crippen LogP contribution in [0.15, 0.2) is 9.66 Å². The maximum Gasteiger partial charge on any atom is 0.345 e. The van der Waals surface area contributed by atoms with E-state index in [0.29, 0.717) is 0 Å². The lowest BCUT2D eigenvalue weighted by Crippen LogP contribution is -2.25. The van der Waals surface area contributed by atoms with Gasteiger partial charge in [-0.25, -0.2) is 9.59 Å². The first-order chi connectivity index (χ1) is 7.41. The molecule has 0 aliphatic heterocycles. The van der Waals surface area contributed by atoms with E-state index in [1.54, 1.807) is 64.1 Å². The van der Waals surface area contributed by atoms with Crippen molar-refractivity contribution < 1.29 is 19.1 Å². The van der Waals surface area contributed by atoms with Crippen LogP contribution in [-0.2, 0) is 19.1 Å². The molecule has 0 bridgehead atoms. The van der Waals surface area contributed by atoms with E-state index < -0.39 is 23.1 Å². The molecule has 0 atom stereocenters. The van der Waals surface area contributed by atoms with Crippen LogP contribution in [0.1, 0.15) is 41.5 Å². The molecule has 5 heteroatoms. The van der Waals surface area contributed by atoms with Gasteiger partial charge in [-0.3, -0.25) is 0 Å². The predicted octanol–water partition coefficient (Wildman–Crippen LogP) is 2.99. The van der Waals surface area contributed by atoms with Gasteiger partial charge in [-0.05, 0) is 64.1 Å². The molecule has 0 fully saturated rings. The lowest BCUT2D eigenvalue weighted by molar-refractivity contribution is -0.151. The summed E-state index contributed by atoms with van der Waals surface area (Å²) in [4.78, 5) is 23.0. The molecule has 4 nitrogen and oxygen atoms in total. The Kier molecular flexibility index (Phi) is 5.64. The first-order valence-corrected chi connectivity index (χ1v) is 6.32. The quantitative estimate of drug-likeness (QED) is 0.435. The van der Waals surface area contributed by atoms with Gasteiger partial charge in [0.1, 0.15) is 14.8 Å². The predicted molar refractivity (Wildman–Crippen MR) is 73.8 cm³/mol. The van der Waals surface area contributed by atoms with Crippen LogP contribution < -0.4 is 0 Å². The average molecular weight is 354 g/mol. The molecule has 0 rings (SSSR count). The first-order valence-electron chi connectivity index (χ1n) is 5.24. The second-order valence-electron chi connectivity index (χ2n) is 5.53. The zero-order valence-corrected chi connectivity index (χ0v) is 13.2. The number of rotatable bonds is 2. The molecule has 17 heavy (non-hydrogen) atoms. The van der Waals surface area contributed by atoms with E-state index in [1.165, 1.54) is 0 Å². The Morgan fingerprint density at radius 2 is 1.35 bits per heavy atom. The molecule has 0 radical (unpaired) electrons. The van der Waals surface area contributed by atoms with E-state index in [2.05, 4.69) is 0 Å². The van der Waals surface area contributed by atoms with Crippen molar-refractivity contribution in [2.45, 2.75) is 52.7 Å². The number of hydrogen-bond acceptors (Lipinski definition) is 4. The molecule has 98 valence electrons. The van der Waals surface area contributed by atoms with Gasteiger partial charge >= 0.3 is 11.9 Å². The van der Waals surface area contributed by atoms with Crippen molar-refractivity contribution in [3.63, 3.8) is 0 Å². The maximum absolute atomic E-state index is 11.6. The summed E-state index contributed by atoms with van der Waals surface area (Å²) in [6.07, 6.45) is 1.14. The molecule has 0 amide bonds. The maximum atomic E-state index is 11.6. The van der Waals surface area contributed by atoms with Crippen LogP contribution >= 0.6 is 22.6 Å². The van der Waals surface area contributed by atoms with Gasteiger partial charge < -0.3 is 9.47 Å². The van der Waals surface area contributed by atoms with E-state index in [1.807, 2.05) is 0 Å². The Morgan fingerprint density at radius 3 is 1.71 bits per heavy atom. The van der Waals surface area contributed by atoms with Crippen LogP contribution in [0.2, 0.25) is 0 Å². The molecule has 0 aliphatic rings. The molecular formula is C12H19IO4. The van der Waals surface area contributed by atoms with Crippen molar-refractivity contribution in [2.24, 2.45) is 0 Å². The minimum atomic E-state index is -0.574. The number of halogens is 1. The van der Waals surface area contributed by atoms with Gasteiger partial charge in [0.05, 0.1) is 0 Å². The fourth-order valence-electron chi connectivity index (χ4n) is 0.820. The Morgan fingerprint density at radius 1 is 0.941 bits per heavy atom. The van der Waals surface area contributed by atoms with Crippen molar-refractivity contribution in [1.29, 1.82) is 0 Å². The molecule has 0 aromatic carbocycles. The Bertz CT molecular complexity index is 331. The molecule has 0 aliphatic carbocycles. The summed E-state index contributed by atoms with van der Waals surface area (Å²) in [5, 5.41) is 0. The lowest BCUT2D eigenvalue weighted by Gasteiger charge is -2.20. The molecule has 0 N–H and O–H groups in total. The largest absolute Gasteiger partial charge is 0.457 e. The zero-order chi connectivity index (χ0) is 13.9. The third-order valence-electron chi connectivity index (χ3n) is 1.25. The van der Waals surface area contributed by atoms with Gasteiger partial charge in [0.15, 0.2) is 0 Å². The summed E-state index contributed by atoms with van der Waals surface area (Å²) < 4.78 is 10.4. The molecule has 0 unspecified atom stereocenters. The van der Waals surface area contributed by atoms with Crippen molar-refractivity contribution in [1.82, 2.24) is 0 Å². The van der Waals surface area contributed by atoms with Crippen LogP contribution in [0.4, 0.5) is 0 Å². The molecule has 0 saturated heterocycles. The van der Waals surface area contributed by atoms with E-state index in [4.69, 9.17) is 9.47 Å². The van der Waals surface area contributed by atoms with Crippen LogP contribution in [0.5, 0.6) is 0 Å². The van der Waals surface area contributed by atoms with Crippen molar-refractivity contribution in [3.05, 3.63) is 9.66 Å². The summed E-state index contributed by atoms with van der Waals surface area (Å²) in [6, 6.07) is 0. The summed E-state index contributed by atoms with van der Waals surface area (Å²) in [5.41, 5.74) is -1.15. The van der Waals surface area contributed by atoms with Gasteiger partial charge in [-0.1, -0.05) is 0 Å². The number of carbonyl (C=O) groups excluding carboxylic acids is 2. The normalized spacial score (nSPS) is 13.2. The molecular weight excluding hydrogens is 335 g/mol. The second-order valence-corrected chi connectivity index (χ2v) is 6.69. The highest BCUT2D eigenvalue weighted by Crippen LogP contribution is 2.16. The van der Waals surface area contributed by atoms with Crippen LogP contribution in [0.3, 0.4) is 0 Å². The fraction of sp³-hybridized carbons (Fsp3) is 0.667. The molecule has 0 aromatic rings. The highest BCUT2D eigenvalue weighted by atomic mass is 127. The smallest absolute Gasteiger partial charge is 0.345 e. The second kappa shape index (κ2) is 5.84. The van der Waals surface area contributed by atoms with E-state index in [-0.39, 0.29) is 3.58 Å². The Labute approximate surface area is 116 Å². The van der Waals surface area contributed by atoms with Crippen LogP contribution in [0, 0.1) is 0 Å². The number of esters is 2. The Balaban J connectivity index is 4.55. The van der Waals surface area contributed by atoms with Gasteiger partial charge in [0.2, 0.25) is 0 Å². The fourth-order valence-corrected chi connectivity index (χ4v) is 1.18. The zero-order valence-electron chi connectivity index (χ0n) is 11.1. The van der Waals surface area contributed by atoms with Crippen molar-refractivity contribution in [3.8, 4) is 0 Å². The highest BCUT2D eigenvalue weighted by Gasteiger charge is 2.20. The monoisotopic (exact) mass is 354 g/mol. The molecule has 0 heterocycles. The Hall–Kier alpha value is -0.590. The van der Waals surface area contributed by atoms with Gasteiger partial charge in [-0.15, -0.1) is 0 Å². The van der Waals surface area contributed by atoms with E-state index >= 15 is 0 Å². The molecule has 0 saturated carbocycles. The minimum absolute atomic E-state index is 0.201. The first kappa shape index (κ1) is 16.4. The highest BCUT2D eigenvalue weighted by molar-refractivity contribution is 14.1. The van der Waals surface area contributed by atoms with Gasteiger partial charge in [0.25, 0.3) is 0 Å². The summed E-state index contributed by atoms with van der Waals surface area (Å²) in [7, 11) is 0. The number of carbonyl (C=O) groups is 2. The van der Waals surface area contributed by atoms with Crippen LogP contribution in [0.25, 0.3) is 0 Å². The summed E-state index contributed by atoms with van der Waals surface area (Å²) in [6.45, 7) is 10.6. The lowest BCUT2D eigenvalue weighted by atomic mass is 10.2. The van der Waals surface area contributed by atoms with Crippen LogP contribution in [-0.4, -0.2) is 23.1 Å².